The maximum absolute atomic E-state index is 5.79. The highest BCUT2D eigenvalue weighted by Gasteiger charge is 2.17. The van der Waals surface area contributed by atoms with Gasteiger partial charge in [0.1, 0.15) is 5.82 Å². The third-order valence-electron chi connectivity index (χ3n) is 3.00. The first-order valence-electron chi connectivity index (χ1n) is 5.59. The highest BCUT2D eigenvalue weighted by atomic mass is 35.5. The molecule has 0 saturated carbocycles. The molecule has 4 nitrogen and oxygen atoms in total. The third kappa shape index (κ3) is 2.83. The highest BCUT2D eigenvalue weighted by Crippen LogP contribution is 2.18. The average molecular weight is 241 g/mol. The van der Waals surface area contributed by atoms with Crippen molar-refractivity contribution in [2.24, 2.45) is 0 Å². The average Bonchev–Trinajstić information content (AvgIpc) is 2.27. The topological polar surface area (TPSA) is 41.1 Å². The van der Waals surface area contributed by atoms with Gasteiger partial charge in [0.2, 0.25) is 5.28 Å². The Morgan fingerprint density at radius 3 is 2.81 bits per heavy atom. The number of nitrogens with one attached hydrogen (secondary N) is 1. The Balaban J connectivity index is 2.00. The van der Waals surface area contributed by atoms with Crippen molar-refractivity contribution in [3.05, 3.63) is 17.0 Å². The lowest BCUT2D eigenvalue weighted by molar-refractivity contribution is 0.263. The van der Waals surface area contributed by atoms with Gasteiger partial charge in [-0.3, -0.25) is 0 Å². The van der Waals surface area contributed by atoms with Crippen LogP contribution in [-0.2, 0) is 0 Å². The molecule has 1 N–H and O–H groups in total. The van der Waals surface area contributed by atoms with Gasteiger partial charge in [0.15, 0.2) is 0 Å². The highest BCUT2D eigenvalue weighted by molar-refractivity contribution is 6.28. The fourth-order valence-electron chi connectivity index (χ4n) is 1.91. The van der Waals surface area contributed by atoms with Gasteiger partial charge in [0.05, 0.1) is 0 Å². The Bertz CT molecular complexity index is 361. The Kier molecular flexibility index (Phi) is 3.61. The van der Waals surface area contributed by atoms with E-state index in [0.717, 1.165) is 37.3 Å². The fourth-order valence-corrected chi connectivity index (χ4v) is 2.05. The van der Waals surface area contributed by atoms with Crippen LogP contribution in [0.1, 0.15) is 18.4 Å². The Labute approximate surface area is 101 Å². The first kappa shape index (κ1) is 11.6. The van der Waals surface area contributed by atoms with Gasteiger partial charge in [-0.1, -0.05) is 0 Å². The molecule has 1 aliphatic rings. The largest absolute Gasteiger partial charge is 0.367 e. The van der Waals surface area contributed by atoms with Crippen molar-refractivity contribution in [2.75, 3.05) is 25.5 Å². The van der Waals surface area contributed by atoms with Crippen LogP contribution in [0.3, 0.4) is 0 Å². The van der Waals surface area contributed by atoms with E-state index in [1.165, 1.54) is 0 Å². The molecule has 0 aromatic carbocycles. The summed E-state index contributed by atoms with van der Waals surface area (Å²) in [4.78, 5) is 10.5. The minimum Gasteiger partial charge on any atom is -0.367 e. The van der Waals surface area contributed by atoms with Crippen molar-refractivity contribution in [1.29, 1.82) is 0 Å². The number of hydrogen-bond acceptors (Lipinski definition) is 4. The van der Waals surface area contributed by atoms with Gasteiger partial charge in [-0.05, 0) is 51.5 Å². The van der Waals surface area contributed by atoms with Gasteiger partial charge in [-0.25, -0.2) is 9.97 Å². The standard InChI is InChI=1S/C11H17ClN4/c1-8-7-13-11(12)15-10(8)14-9-3-5-16(2)6-4-9/h7,9H,3-6H2,1-2H3,(H,13,14,15). The second-order valence-corrected chi connectivity index (χ2v) is 4.73. The normalized spacial score (nSPS) is 18.7. The second-order valence-electron chi connectivity index (χ2n) is 4.39. The number of piperidine rings is 1. The molecule has 1 aromatic heterocycles. The molecule has 1 aliphatic heterocycles. The number of halogens is 1. The molecule has 2 rings (SSSR count). The monoisotopic (exact) mass is 240 g/mol. The molecule has 0 bridgehead atoms. The van der Waals surface area contributed by atoms with Crippen LogP contribution >= 0.6 is 11.6 Å². The van der Waals surface area contributed by atoms with Crippen molar-refractivity contribution in [3.63, 3.8) is 0 Å². The summed E-state index contributed by atoms with van der Waals surface area (Å²) in [6.45, 7) is 4.26. The molecule has 2 heterocycles. The Hall–Kier alpha value is -0.870. The molecule has 1 fully saturated rings. The molecule has 0 spiro atoms. The summed E-state index contributed by atoms with van der Waals surface area (Å²) in [7, 11) is 2.16. The summed E-state index contributed by atoms with van der Waals surface area (Å²) in [6, 6.07) is 0.501. The molecule has 0 atom stereocenters. The van der Waals surface area contributed by atoms with Crippen LogP contribution < -0.4 is 5.32 Å². The van der Waals surface area contributed by atoms with Crippen molar-refractivity contribution >= 4 is 17.4 Å². The summed E-state index contributed by atoms with van der Waals surface area (Å²) in [5.41, 5.74) is 1.04. The number of likely N-dealkylation sites (tertiary alicyclic amines) is 1. The van der Waals surface area contributed by atoms with E-state index in [9.17, 15) is 0 Å². The number of hydrogen-bond donors (Lipinski definition) is 1. The first-order valence-corrected chi connectivity index (χ1v) is 5.97. The van der Waals surface area contributed by atoms with Crippen LogP contribution in [0.4, 0.5) is 5.82 Å². The van der Waals surface area contributed by atoms with Gasteiger partial charge < -0.3 is 10.2 Å². The molecular weight excluding hydrogens is 224 g/mol. The minimum atomic E-state index is 0.307. The molecule has 16 heavy (non-hydrogen) atoms. The zero-order chi connectivity index (χ0) is 11.5. The lowest BCUT2D eigenvalue weighted by atomic mass is 10.1. The van der Waals surface area contributed by atoms with Gasteiger partial charge in [-0.15, -0.1) is 0 Å². The molecule has 0 unspecified atom stereocenters. The molecule has 5 heteroatoms. The van der Waals surface area contributed by atoms with Crippen molar-refractivity contribution < 1.29 is 0 Å². The number of aromatic nitrogens is 2. The summed E-state index contributed by atoms with van der Waals surface area (Å²) in [5.74, 6) is 0.870. The predicted molar refractivity (Wildman–Crippen MR) is 65.9 cm³/mol. The van der Waals surface area contributed by atoms with E-state index in [2.05, 4.69) is 27.2 Å². The molecule has 0 amide bonds. The summed E-state index contributed by atoms with van der Waals surface area (Å²) in [6.07, 6.45) is 4.06. The summed E-state index contributed by atoms with van der Waals surface area (Å²) >= 11 is 5.79. The Morgan fingerprint density at radius 1 is 1.44 bits per heavy atom. The van der Waals surface area contributed by atoms with Crippen molar-refractivity contribution in [1.82, 2.24) is 14.9 Å². The van der Waals surface area contributed by atoms with E-state index in [-0.39, 0.29) is 0 Å². The van der Waals surface area contributed by atoms with Crippen LogP contribution in [-0.4, -0.2) is 41.0 Å². The predicted octanol–water partition coefficient (Wildman–Crippen LogP) is 1.94. The van der Waals surface area contributed by atoms with E-state index in [0.29, 0.717) is 11.3 Å². The van der Waals surface area contributed by atoms with E-state index in [1.54, 1.807) is 6.20 Å². The fraction of sp³-hybridized carbons (Fsp3) is 0.636. The molecule has 88 valence electrons. The van der Waals surface area contributed by atoms with Crippen molar-refractivity contribution in [2.45, 2.75) is 25.8 Å². The van der Waals surface area contributed by atoms with E-state index >= 15 is 0 Å². The van der Waals surface area contributed by atoms with Crippen LogP contribution in [0, 0.1) is 6.92 Å². The van der Waals surface area contributed by atoms with Crippen molar-refractivity contribution in [3.8, 4) is 0 Å². The lowest BCUT2D eigenvalue weighted by Gasteiger charge is -2.30. The molecule has 1 saturated heterocycles. The maximum atomic E-state index is 5.79. The van der Waals surface area contributed by atoms with Crippen LogP contribution in [0.25, 0.3) is 0 Å². The Morgan fingerprint density at radius 2 is 2.12 bits per heavy atom. The first-order chi connectivity index (χ1) is 7.65. The zero-order valence-electron chi connectivity index (χ0n) is 9.70. The van der Waals surface area contributed by atoms with E-state index in [4.69, 9.17) is 11.6 Å². The van der Waals surface area contributed by atoms with Crippen LogP contribution in [0.15, 0.2) is 6.20 Å². The molecule has 0 radical (unpaired) electrons. The summed E-state index contributed by atoms with van der Waals surface area (Å²) in [5, 5.41) is 3.75. The molecular formula is C11H17ClN4. The molecule has 1 aromatic rings. The van der Waals surface area contributed by atoms with E-state index < -0.39 is 0 Å². The number of nitrogens with zero attached hydrogens (tertiary/aromatic N) is 3. The van der Waals surface area contributed by atoms with Gasteiger partial charge >= 0.3 is 0 Å². The maximum Gasteiger partial charge on any atom is 0.224 e. The van der Waals surface area contributed by atoms with Gasteiger partial charge in [0.25, 0.3) is 0 Å². The van der Waals surface area contributed by atoms with Gasteiger partial charge in [0, 0.05) is 17.8 Å². The third-order valence-corrected chi connectivity index (χ3v) is 3.18. The summed E-state index contributed by atoms with van der Waals surface area (Å²) < 4.78 is 0. The minimum absolute atomic E-state index is 0.307. The quantitative estimate of drug-likeness (QED) is 0.803. The number of anilines is 1. The van der Waals surface area contributed by atoms with Crippen LogP contribution in [0.2, 0.25) is 5.28 Å². The number of rotatable bonds is 2. The number of aryl methyl sites for hydroxylation is 1. The zero-order valence-corrected chi connectivity index (χ0v) is 10.5. The lowest BCUT2D eigenvalue weighted by Crippen LogP contribution is -2.37. The van der Waals surface area contributed by atoms with Crippen LogP contribution in [0.5, 0.6) is 0 Å². The molecule has 0 aliphatic carbocycles. The van der Waals surface area contributed by atoms with E-state index in [1.807, 2.05) is 6.92 Å². The smallest absolute Gasteiger partial charge is 0.224 e. The SMILES string of the molecule is Cc1cnc(Cl)nc1NC1CCN(C)CC1. The second kappa shape index (κ2) is 4.97. The van der Waals surface area contributed by atoms with Gasteiger partial charge in [-0.2, -0.15) is 0 Å².